The normalized spacial score (nSPS) is 11.2. The van der Waals surface area contributed by atoms with E-state index in [0.29, 0.717) is 0 Å². The largest absolute Gasteiger partial charge is 0.203 e. The lowest BCUT2D eigenvalue weighted by Gasteiger charge is -2.20. The van der Waals surface area contributed by atoms with E-state index in [-0.39, 0.29) is 0 Å². The van der Waals surface area contributed by atoms with Crippen LogP contribution in [0.1, 0.15) is 5.56 Å². The van der Waals surface area contributed by atoms with Crippen LogP contribution in [0, 0.1) is 58.2 Å². The molecule has 31 heavy (non-hydrogen) atoms. The van der Waals surface area contributed by atoms with Crippen molar-refractivity contribution in [3.63, 3.8) is 0 Å². The molecule has 0 aliphatic rings. The van der Waals surface area contributed by atoms with Crippen LogP contribution in [0.25, 0.3) is 28.3 Å². The molecule has 0 fully saturated rings. The van der Waals surface area contributed by atoms with E-state index in [1.807, 2.05) is 0 Å². The molecule has 11 heteroatoms. The minimum absolute atomic E-state index is 0.476. The third-order valence-electron chi connectivity index (χ3n) is 4.41. The lowest BCUT2D eigenvalue weighted by atomic mass is 9.79. The number of halogens is 10. The summed E-state index contributed by atoms with van der Waals surface area (Å²) in [6.07, 6.45) is 0.794. The predicted octanol–water partition coefficient (Wildman–Crippen LogP) is 5.85. The molecule has 3 rings (SSSR count). The van der Waals surface area contributed by atoms with Gasteiger partial charge in [0.1, 0.15) is 7.85 Å². The van der Waals surface area contributed by atoms with Gasteiger partial charge in [-0.3, -0.25) is 0 Å². The van der Waals surface area contributed by atoms with Crippen LogP contribution < -0.4 is 5.46 Å². The quantitative estimate of drug-likeness (QED) is 0.205. The van der Waals surface area contributed by atoms with Gasteiger partial charge in [0.05, 0.1) is 11.1 Å². The van der Waals surface area contributed by atoms with Crippen LogP contribution in [-0.4, -0.2) is 7.85 Å². The molecule has 0 heterocycles. The minimum Gasteiger partial charge on any atom is -0.203 e. The molecule has 0 saturated heterocycles. The molecule has 0 atom stereocenters. The Hall–Kier alpha value is -3.24. The molecular formula is C20H5BF10. The molecule has 0 aliphatic carbocycles. The van der Waals surface area contributed by atoms with Crippen LogP contribution in [0.4, 0.5) is 43.9 Å². The fourth-order valence-corrected chi connectivity index (χ4v) is 2.99. The molecule has 0 saturated carbocycles. The van der Waals surface area contributed by atoms with Crippen molar-refractivity contribution in [1.82, 2.24) is 0 Å². The van der Waals surface area contributed by atoms with Gasteiger partial charge in [-0.2, -0.15) is 0 Å². The van der Waals surface area contributed by atoms with Crippen LogP contribution >= 0.6 is 0 Å². The number of benzene rings is 3. The third-order valence-corrected chi connectivity index (χ3v) is 4.41. The zero-order valence-electron chi connectivity index (χ0n) is 14.8. The maximum atomic E-state index is 14.5. The number of hydrogen-bond acceptors (Lipinski definition) is 0. The molecule has 3 aromatic carbocycles. The fourth-order valence-electron chi connectivity index (χ4n) is 2.99. The van der Waals surface area contributed by atoms with Gasteiger partial charge in [0.15, 0.2) is 46.5 Å². The Bertz CT molecular complexity index is 1210. The van der Waals surface area contributed by atoms with Crippen molar-refractivity contribution in [1.29, 1.82) is 0 Å². The summed E-state index contributed by atoms with van der Waals surface area (Å²) in [6, 6.07) is 1.80. The first-order valence-corrected chi connectivity index (χ1v) is 8.04. The van der Waals surface area contributed by atoms with Crippen molar-refractivity contribution in [2.24, 2.45) is 0 Å². The lowest BCUT2D eigenvalue weighted by molar-refractivity contribution is 0.380. The monoisotopic (exact) mass is 446 g/mol. The minimum atomic E-state index is -2.53. The van der Waals surface area contributed by atoms with E-state index in [0.717, 1.165) is 18.2 Å². The first-order chi connectivity index (χ1) is 14.4. The van der Waals surface area contributed by atoms with Gasteiger partial charge in [0.25, 0.3) is 0 Å². The Balaban J connectivity index is 2.64. The average molecular weight is 446 g/mol. The van der Waals surface area contributed by atoms with Gasteiger partial charge in [0.2, 0.25) is 11.6 Å². The van der Waals surface area contributed by atoms with Crippen LogP contribution in [-0.2, 0) is 0 Å². The second-order valence-electron chi connectivity index (χ2n) is 6.09. The summed E-state index contributed by atoms with van der Waals surface area (Å²) in [6.45, 7) is 3.25. The second kappa shape index (κ2) is 7.79. The molecule has 2 radical (unpaired) electrons. The van der Waals surface area contributed by atoms with Crippen LogP contribution in [0.3, 0.4) is 0 Å². The van der Waals surface area contributed by atoms with E-state index in [1.54, 1.807) is 0 Å². The highest BCUT2D eigenvalue weighted by atomic mass is 19.2. The van der Waals surface area contributed by atoms with Crippen LogP contribution in [0.15, 0.2) is 18.7 Å². The van der Waals surface area contributed by atoms with E-state index >= 15 is 0 Å². The predicted molar refractivity (Wildman–Crippen MR) is 92.4 cm³/mol. The van der Waals surface area contributed by atoms with E-state index in [4.69, 9.17) is 7.85 Å². The SMILES string of the molecule is [B]c1ccc(C=C)c(-c2c(F)c(F)c(F)c(F)c2F)c1-c1c(F)c(F)c(F)c(F)c1F. The molecule has 158 valence electrons. The van der Waals surface area contributed by atoms with Gasteiger partial charge in [-0.1, -0.05) is 30.3 Å². The van der Waals surface area contributed by atoms with E-state index < -0.39 is 91.5 Å². The molecule has 0 nitrogen and oxygen atoms in total. The van der Waals surface area contributed by atoms with Crippen molar-refractivity contribution < 1.29 is 43.9 Å². The van der Waals surface area contributed by atoms with Crippen molar-refractivity contribution in [2.45, 2.75) is 0 Å². The van der Waals surface area contributed by atoms with E-state index in [9.17, 15) is 43.9 Å². The highest BCUT2D eigenvalue weighted by Crippen LogP contribution is 2.42. The van der Waals surface area contributed by atoms with Crippen molar-refractivity contribution in [2.75, 3.05) is 0 Å². The fraction of sp³-hybridized carbons (Fsp3) is 0. The molecule has 0 unspecified atom stereocenters. The average Bonchev–Trinajstić information content (AvgIpc) is 2.75. The Labute approximate surface area is 168 Å². The summed E-state index contributed by atoms with van der Waals surface area (Å²) < 4.78 is 140. The maximum Gasteiger partial charge on any atom is 0.200 e. The third kappa shape index (κ3) is 3.19. The molecule has 0 amide bonds. The van der Waals surface area contributed by atoms with Gasteiger partial charge in [-0.15, -0.1) is 0 Å². The van der Waals surface area contributed by atoms with Crippen LogP contribution in [0.2, 0.25) is 0 Å². The van der Waals surface area contributed by atoms with Gasteiger partial charge in [-0.05, 0) is 11.1 Å². The van der Waals surface area contributed by atoms with Crippen molar-refractivity contribution in [3.8, 4) is 22.3 Å². The standard InChI is InChI=1S/C20H5BF10/c1-2-5-3-4-6(21)8(10-13(24)17(28)20(31)18(29)14(10)25)7(5)9-11(22)15(26)19(30)16(27)12(9)23/h2-4H,1H2. The summed E-state index contributed by atoms with van der Waals surface area (Å²) >= 11 is 0. The Kier molecular flexibility index (Phi) is 5.64. The molecule has 3 aromatic rings. The van der Waals surface area contributed by atoms with Gasteiger partial charge < -0.3 is 0 Å². The van der Waals surface area contributed by atoms with E-state index in [2.05, 4.69) is 6.58 Å². The van der Waals surface area contributed by atoms with Gasteiger partial charge in [0, 0.05) is 5.56 Å². The maximum absolute atomic E-state index is 14.5. The Morgan fingerprint density at radius 3 is 1.16 bits per heavy atom. The zero-order valence-corrected chi connectivity index (χ0v) is 14.8. The van der Waals surface area contributed by atoms with Crippen molar-refractivity contribution >= 4 is 19.4 Å². The summed E-state index contributed by atoms with van der Waals surface area (Å²) in [4.78, 5) is 0. The summed E-state index contributed by atoms with van der Waals surface area (Å²) in [5.74, 6) is -24.4. The van der Waals surface area contributed by atoms with Crippen molar-refractivity contribution in [3.05, 3.63) is 82.4 Å². The zero-order chi connectivity index (χ0) is 23.4. The molecule has 0 spiro atoms. The highest BCUT2D eigenvalue weighted by molar-refractivity contribution is 6.37. The summed E-state index contributed by atoms with van der Waals surface area (Å²) in [5.41, 5.74) is -6.99. The Morgan fingerprint density at radius 1 is 0.484 bits per heavy atom. The number of hydrogen-bond donors (Lipinski definition) is 0. The topological polar surface area (TPSA) is 0 Å². The molecule has 0 bridgehead atoms. The summed E-state index contributed by atoms with van der Waals surface area (Å²) in [5, 5.41) is 0. The van der Waals surface area contributed by atoms with Gasteiger partial charge >= 0.3 is 0 Å². The second-order valence-corrected chi connectivity index (χ2v) is 6.09. The van der Waals surface area contributed by atoms with Crippen LogP contribution in [0.5, 0.6) is 0 Å². The molecule has 0 aliphatic heterocycles. The Morgan fingerprint density at radius 2 is 0.806 bits per heavy atom. The smallest absolute Gasteiger partial charge is 0.200 e. The molecule has 0 N–H and O–H groups in total. The first-order valence-electron chi connectivity index (χ1n) is 8.04. The molecular weight excluding hydrogens is 441 g/mol. The lowest BCUT2D eigenvalue weighted by Crippen LogP contribution is -2.16. The van der Waals surface area contributed by atoms with E-state index in [1.165, 1.54) is 0 Å². The number of rotatable bonds is 3. The summed E-state index contributed by atoms with van der Waals surface area (Å²) in [7, 11) is 5.58. The molecule has 0 aromatic heterocycles. The van der Waals surface area contributed by atoms with Gasteiger partial charge in [-0.25, -0.2) is 43.9 Å². The highest BCUT2D eigenvalue weighted by Gasteiger charge is 2.33. The first kappa shape index (κ1) is 22.5.